The first kappa shape index (κ1) is 16.5. The second kappa shape index (κ2) is 6.28. The summed E-state index contributed by atoms with van der Waals surface area (Å²) in [6.07, 6.45) is -3.63. The van der Waals surface area contributed by atoms with Crippen molar-refractivity contribution in [2.75, 3.05) is 11.4 Å². The van der Waals surface area contributed by atoms with Gasteiger partial charge in [-0.1, -0.05) is 36.4 Å². The number of amides is 1. The Hall–Kier alpha value is -2.34. The van der Waals surface area contributed by atoms with Crippen LogP contribution in [0.4, 0.5) is 18.9 Å². The summed E-state index contributed by atoms with van der Waals surface area (Å²) in [5.41, 5.74) is 7.10. The maximum atomic E-state index is 13.0. The zero-order chi connectivity index (χ0) is 17.3. The average molecular weight is 334 g/mol. The van der Waals surface area contributed by atoms with Gasteiger partial charge in [0, 0.05) is 12.2 Å². The van der Waals surface area contributed by atoms with E-state index in [4.69, 9.17) is 5.73 Å². The third kappa shape index (κ3) is 3.28. The van der Waals surface area contributed by atoms with Crippen molar-refractivity contribution in [3.8, 4) is 0 Å². The van der Waals surface area contributed by atoms with Crippen molar-refractivity contribution >= 4 is 11.6 Å². The highest BCUT2D eigenvalue weighted by molar-refractivity contribution is 6.00. The lowest BCUT2D eigenvalue weighted by Crippen LogP contribution is -2.49. The molecule has 0 radical (unpaired) electrons. The van der Waals surface area contributed by atoms with Gasteiger partial charge < -0.3 is 10.6 Å². The van der Waals surface area contributed by atoms with Crippen LogP contribution in [0.5, 0.6) is 0 Å². The van der Waals surface area contributed by atoms with Crippen LogP contribution in [0.25, 0.3) is 0 Å². The molecule has 0 saturated heterocycles. The van der Waals surface area contributed by atoms with Crippen molar-refractivity contribution in [3.63, 3.8) is 0 Å². The average Bonchev–Trinajstić information content (AvgIpc) is 2.55. The molecule has 2 aromatic carbocycles. The Kier molecular flexibility index (Phi) is 4.32. The van der Waals surface area contributed by atoms with E-state index in [2.05, 4.69) is 0 Å². The molecule has 0 bridgehead atoms. The number of anilines is 1. The molecule has 2 aromatic rings. The van der Waals surface area contributed by atoms with Crippen LogP contribution in [0.3, 0.4) is 0 Å². The molecule has 3 nitrogen and oxygen atoms in total. The molecule has 6 heteroatoms. The molecule has 0 spiro atoms. The van der Waals surface area contributed by atoms with E-state index in [9.17, 15) is 18.0 Å². The predicted molar refractivity (Wildman–Crippen MR) is 85.6 cm³/mol. The van der Waals surface area contributed by atoms with Crippen molar-refractivity contribution < 1.29 is 18.0 Å². The molecule has 0 aliphatic carbocycles. The second-order valence-corrected chi connectivity index (χ2v) is 5.88. The molecule has 3 rings (SSSR count). The smallest absolute Gasteiger partial charge is 0.320 e. The van der Waals surface area contributed by atoms with Crippen LogP contribution in [-0.2, 0) is 23.8 Å². The predicted octanol–water partition coefficient (Wildman–Crippen LogP) is 3.16. The SMILES string of the molecule is N[C@@H]1Cc2ccc(C(F)(F)F)cc2N(CCc2ccccc2)C1=O. The molecule has 2 N–H and O–H groups in total. The minimum Gasteiger partial charge on any atom is -0.320 e. The Morgan fingerprint density at radius 2 is 1.83 bits per heavy atom. The zero-order valence-corrected chi connectivity index (χ0v) is 12.9. The number of benzene rings is 2. The number of hydrogen-bond donors (Lipinski definition) is 1. The summed E-state index contributed by atoms with van der Waals surface area (Å²) in [5, 5.41) is 0. The topological polar surface area (TPSA) is 46.3 Å². The molecule has 0 saturated carbocycles. The Labute approximate surface area is 137 Å². The minimum absolute atomic E-state index is 0.258. The largest absolute Gasteiger partial charge is 0.416 e. The molecular weight excluding hydrogens is 317 g/mol. The summed E-state index contributed by atoms with van der Waals surface area (Å²) >= 11 is 0. The number of fused-ring (bicyclic) bond motifs is 1. The summed E-state index contributed by atoms with van der Waals surface area (Å²) in [5.74, 6) is -0.335. The van der Waals surface area contributed by atoms with Crippen LogP contribution in [0.2, 0.25) is 0 Å². The van der Waals surface area contributed by atoms with Crippen molar-refractivity contribution in [3.05, 3.63) is 65.2 Å². The van der Waals surface area contributed by atoms with E-state index >= 15 is 0 Å². The van der Waals surface area contributed by atoms with Crippen LogP contribution >= 0.6 is 0 Å². The van der Waals surface area contributed by atoms with Crippen molar-refractivity contribution in [2.24, 2.45) is 5.73 Å². The number of halogens is 3. The highest BCUT2D eigenvalue weighted by Crippen LogP contribution is 2.35. The Morgan fingerprint density at radius 1 is 1.12 bits per heavy atom. The van der Waals surface area contributed by atoms with Gasteiger partial charge in [0.1, 0.15) is 0 Å². The summed E-state index contributed by atoms with van der Waals surface area (Å²) in [4.78, 5) is 13.8. The first-order valence-electron chi connectivity index (χ1n) is 7.67. The molecule has 1 aliphatic heterocycles. The van der Waals surface area contributed by atoms with Crippen LogP contribution in [0.1, 0.15) is 16.7 Å². The molecule has 1 amide bonds. The van der Waals surface area contributed by atoms with Gasteiger partial charge in [0.15, 0.2) is 0 Å². The van der Waals surface area contributed by atoms with Crippen LogP contribution in [0, 0.1) is 0 Å². The third-order valence-corrected chi connectivity index (χ3v) is 4.19. The lowest BCUT2D eigenvalue weighted by molar-refractivity contribution is -0.137. The van der Waals surface area contributed by atoms with Gasteiger partial charge in [-0.15, -0.1) is 0 Å². The van der Waals surface area contributed by atoms with Crippen LogP contribution in [0.15, 0.2) is 48.5 Å². The van der Waals surface area contributed by atoms with Crippen molar-refractivity contribution in [2.45, 2.75) is 25.1 Å². The van der Waals surface area contributed by atoms with Gasteiger partial charge in [-0.05, 0) is 36.1 Å². The van der Waals surface area contributed by atoms with E-state index in [-0.39, 0.29) is 12.3 Å². The maximum Gasteiger partial charge on any atom is 0.416 e. The molecular formula is C18H17F3N2O. The van der Waals surface area contributed by atoms with Gasteiger partial charge in [0.25, 0.3) is 0 Å². The van der Waals surface area contributed by atoms with E-state index in [1.165, 1.54) is 11.0 Å². The first-order chi connectivity index (χ1) is 11.4. The number of nitrogens with two attached hydrogens (primary N) is 1. The van der Waals surface area contributed by atoms with Crippen molar-refractivity contribution in [1.29, 1.82) is 0 Å². The quantitative estimate of drug-likeness (QED) is 0.937. The van der Waals surface area contributed by atoms with Gasteiger partial charge in [-0.3, -0.25) is 4.79 Å². The number of alkyl halides is 3. The van der Waals surface area contributed by atoms with Gasteiger partial charge in [-0.2, -0.15) is 13.2 Å². The number of hydrogen-bond acceptors (Lipinski definition) is 2. The first-order valence-corrected chi connectivity index (χ1v) is 7.67. The molecule has 126 valence electrons. The van der Waals surface area contributed by atoms with Gasteiger partial charge in [-0.25, -0.2) is 0 Å². The van der Waals surface area contributed by atoms with E-state index in [0.717, 1.165) is 17.7 Å². The van der Waals surface area contributed by atoms with E-state index in [1.807, 2.05) is 30.3 Å². The molecule has 1 heterocycles. The van der Waals surface area contributed by atoms with Crippen molar-refractivity contribution in [1.82, 2.24) is 0 Å². The monoisotopic (exact) mass is 334 g/mol. The van der Waals surface area contributed by atoms with E-state index < -0.39 is 17.8 Å². The summed E-state index contributed by atoms with van der Waals surface area (Å²) < 4.78 is 38.9. The number of rotatable bonds is 3. The van der Waals surface area contributed by atoms with Gasteiger partial charge >= 0.3 is 6.18 Å². The number of carbonyl (C=O) groups is 1. The summed E-state index contributed by atoms with van der Waals surface area (Å²) in [6.45, 7) is 0.296. The summed E-state index contributed by atoms with van der Waals surface area (Å²) in [6, 6.07) is 12.3. The molecule has 24 heavy (non-hydrogen) atoms. The normalized spacial score (nSPS) is 17.8. The highest BCUT2D eigenvalue weighted by Gasteiger charge is 2.35. The third-order valence-electron chi connectivity index (χ3n) is 4.19. The molecule has 0 fully saturated rings. The minimum atomic E-state index is -4.44. The van der Waals surface area contributed by atoms with Gasteiger partial charge in [0.05, 0.1) is 11.6 Å². The fraction of sp³-hybridized carbons (Fsp3) is 0.278. The lowest BCUT2D eigenvalue weighted by atomic mass is 9.95. The fourth-order valence-electron chi connectivity index (χ4n) is 2.92. The van der Waals surface area contributed by atoms with E-state index in [0.29, 0.717) is 24.2 Å². The molecule has 1 aliphatic rings. The number of nitrogens with zero attached hydrogens (tertiary/aromatic N) is 1. The molecule has 0 unspecified atom stereocenters. The van der Waals surface area contributed by atoms with Crippen LogP contribution in [-0.4, -0.2) is 18.5 Å². The molecule has 1 atom stereocenters. The Balaban J connectivity index is 1.92. The maximum absolute atomic E-state index is 13.0. The number of carbonyl (C=O) groups excluding carboxylic acids is 1. The zero-order valence-electron chi connectivity index (χ0n) is 12.9. The second-order valence-electron chi connectivity index (χ2n) is 5.88. The fourth-order valence-corrected chi connectivity index (χ4v) is 2.92. The highest BCUT2D eigenvalue weighted by atomic mass is 19.4. The summed E-state index contributed by atoms with van der Waals surface area (Å²) in [7, 11) is 0. The Morgan fingerprint density at radius 3 is 2.50 bits per heavy atom. The van der Waals surface area contributed by atoms with Gasteiger partial charge in [0.2, 0.25) is 5.91 Å². The lowest BCUT2D eigenvalue weighted by Gasteiger charge is -2.33. The standard InChI is InChI=1S/C18H17F3N2O/c19-18(20,21)14-7-6-13-10-15(22)17(24)23(16(13)11-14)9-8-12-4-2-1-3-5-12/h1-7,11,15H,8-10,22H2/t15-/m1/s1. The van der Waals surface area contributed by atoms with Crippen LogP contribution < -0.4 is 10.6 Å². The molecule has 0 aromatic heterocycles. The van der Waals surface area contributed by atoms with E-state index in [1.54, 1.807) is 0 Å². The Bertz CT molecular complexity index is 744.